The predicted octanol–water partition coefficient (Wildman–Crippen LogP) is 2.27. The Hall–Kier alpha value is -1.26. The van der Waals surface area contributed by atoms with Crippen LogP contribution in [0.3, 0.4) is 0 Å². The minimum Gasteiger partial charge on any atom is -0.508 e. The number of methoxy groups -OCH3 is 1. The quantitative estimate of drug-likeness (QED) is 0.876. The molecular formula is C15H24N2O2. The maximum absolute atomic E-state index is 10.0. The van der Waals surface area contributed by atoms with Gasteiger partial charge in [0, 0.05) is 50.2 Å². The molecule has 1 aromatic rings. The molecule has 4 heteroatoms. The molecule has 1 aliphatic rings. The molecule has 1 saturated heterocycles. The van der Waals surface area contributed by atoms with Crippen molar-refractivity contribution < 1.29 is 9.84 Å². The van der Waals surface area contributed by atoms with Gasteiger partial charge in [-0.15, -0.1) is 0 Å². The van der Waals surface area contributed by atoms with Gasteiger partial charge in [-0.1, -0.05) is 6.07 Å². The summed E-state index contributed by atoms with van der Waals surface area (Å²) in [4.78, 5) is 2.32. The second-order valence-corrected chi connectivity index (χ2v) is 5.42. The summed E-state index contributed by atoms with van der Waals surface area (Å²) in [5.74, 6) is 0.963. The van der Waals surface area contributed by atoms with Gasteiger partial charge in [0.25, 0.3) is 0 Å². The van der Waals surface area contributed by atoms with E-state index in [0.717, 1.165) is 43.8 Å². The number of piperidine rings is 1. The average molecular weight is 264 g/mol. The zero-order valence-electron chi connectivity index (χ0n) is 11.8. The lowest BCUT2D eigenvalue weighted by molar-refractivity contribution is 0.139. The third-order valence-corrected chi connectivity index (χ3v) is 3.89. The Morgan fingerprint density at radius 1 is 1.42 bits per heavy atom. The van der Waals surface area contributed by atoms with Crippen LogP contribution in [0.4, 0.5) is 5.69 Å². The first-order valence-corrected chi connectivity index (χ1v) is 6.94. The molecule has 3 N–H and O–H groups in total. The fourth-order valence-corrected chi connectivity index (χ4v) is 2.71. The summed E-state index contributed by atoms with van der Waals surface area (Å²) >= 11 is 0. The van der Waals surface area contributed by atoms with Crippen molar-refractivity contribution in [3.63, 3.8) is 0 Å². The molecule has 1 aromatic carbocycles. The van der Waals surface area contributed by atoms with E-state index in [1.54, 1.807) is 7.11 Å². The van der Waals surface area contributed by atoms with Gasteiger partial charge in [0.15, 0.2) is 0 Å². The highest BCUT2D eigenvalue weighted by atomic mass is 16.5. The number of hydrogen-bond donors (Lipinski definition) is 2. The van der Waals surface area contributed by atoms with Gasteiger partial charge >= 0.3 is 0 Å². The van der Waals surface area contributed by atoms with Crippen molar-refractivity contribution in [3.8, 4) is 5.75 Å². The first-order chi connectivity index (χ1) is 9.11. The summed E-state index contributed by atoms with van der Waals surface area (Å²) < 4.78 is 5.21. The van der Waals surface area contributed by atoms with Crippen molar-refractivity contribution >= 4 is 5.69 Å². The summed E-state index contributed by atoms with van der Waals surface area (Å²) in [6, 6.07) is 5.67. The topological polar surface area (TPSA) is 58.7 Å². The van der Waals surface area contributed by atoms with Crippen molar-refractivity contribution in [2.24, 2.45) is 11.7 Å². The molecule has 0 aromatic heterocycles. The second kappa shape index (κ2) is 6.26. The van der Waals surface area contributed by atoms with Crippen LogP contribution in [0.25, 0.3) is 0 Å². The summed E-state index contributed by atoms with van der Waals surface area (Å²) in [7, 11) is 1.76. The van der Waals surface area contributed by atoms with E-state index in [1.165, 1.54) is 0 Å². The van der Waals surface area contributed by atoms with Gasteiger partial charge in [-0.2, -0.15) is 0 Å². The van der Waals surface area contributed by atoms with Crippen LogP contribution in [0, 0.1) is 5.92 Å². The number of aromatic hydroxyl groups is 1. The minimum absolute atomic E-state index is 0.138. The van der Waals surface area contributed by atoms with Crippen molar-refractivity contribution in [2.75, 3.05) is 31.7 Å². The third-order valence-electron chi connectivity index (χ3n) is 3.89. The standard InChI is InChI=1S/C15H24N2O2/c1-11(16)14-4-3-13(9-15(14)18)17-7-5-12(6-8-17)10-19-2/h3-4,9,11-12,18H,5-8,10,16H2,1-2H3. The van der Waals surface area contributed by atoms with E-state index in [0.29, 0.717) is 11.7 Å². The van der Waals surface area contributed by atoms with E-state index < -0.39 is 0 Å². The van der Waals surface area contributed by atoms with Crippen LogP contribution >= 0.6 is 0 Å². The van der Waals surface area contributed by atoms with E-state index in [4.69, 9.17) is 10.5 Å². The Labute approximate surface area is 115 Å². The average Bonchev–Trinajstić information content (AvgIpc) is 2.39. The van der Waals surface area contributed by atoms with Crippen LogP contribution in [0.15, 0.2) is 18.2 Å². The van der Waals surface area contributed by atoms with E-state index in [9.17, 15) is 5.11 Å². The Balaban J connectivity index is 2.02. The number of benzene rings is 1. The fourth-order valence-electron chi connectivity index (χ4n) is 2.71. The van der Waals surface area contributed by atoms with Gasteiger partial charge in [0.05, 0.1) is 0 Å². The zero-order chi connectivity index (χ0) is 13.8. The lowest BCUT2D eigenvalue weighted by Crippen LogP contribution is -2.34. The summed E-state index contributed by atoms with van der Waals surface area (Å²) in [5.41, 5.74) is 7.69. The first kappa shape index (κ1) is 14.2. The predicted molar refractivity (Wildman–Crippen MR) is 77.5 cm³/mol. The highest BCUT2D eigenvalue weighted by Crippen LogP contribution is 2.30. The third kappa shape index (κ3) is 3.39. The molecule has 0 bridgehead atoms. The Morgan fingerprint density at radius 2 is 2.11 bits per heavy atom. The number of hydrogen-bond acceptors (Lipinski definition) is 4. The highest BCUT2D eigenvalue weighted by molar-refractivity contribution is 5.54. The molecule has 0 aliphatic carbocycles. The molecule has 4 nitrogen and oxygen atoms in total. The number of phenolic OH excluding ortho intramolecular Hbond substituents is 1. The van der Waals surface area contributed by atoms with Gasteiger partial charge in [-0.3, -0.25) is 0 Å². The zero-order valence-corrected chi connectivity index (χ0v) is 11.8. The van der Waals surface area contributed by atoms with Gasteiger partial charge < -0.3 is 20.5 Å². The van der Waals surface area contributed by atoms with Crippen molar-refractivity contribution in [1.29, 1.82) is 0 Å². The number of anilines is 1. The first-order valence-electron chi connectivity index (χ1n) is 6.94. The lowest BCUT2D eigenvalue weighted by atomic mass is 9.97. The summed E-state index contributed by atoms with van der Waals surface area (Å²) in [5, 5.41) is 10.0. The maximum atomic E-state index is 10.0. The van der Waals surface area contributed by atoms with Gasteiger partial charge in [-0.25, -0.2) is 0 Å². The van der Waals surface area contributed by atoms with Gasteiger partial charge in [-0.05, 0) is 31.7 Å². The Bertz CT molecular complexity index is 413. The SMILES string of the molecule is COCC1CCN(c2ccc(C(C)N)c(O)c2)CC1. The maximum Gasteiger partial charge on any atom is 0.122 e. The molecule has 0 spiro atoms. The van der Waals surface area contributed by atoms with Crippen LogP contribution in [0.2, 0.25) is 0 Å². The molecule has 1 unspecified atom stereocenters. The number of rotatable bonds is 4. The largest absolute Gasteiger partial charge is 0.508 e. The molecule has 1 atom stereocenters. The van der Waals surface area contributed by atoms with Crippen LogP contribution in [-0.4, -0.2) is 31.9 Å². The van der Waals surface area contributed by atoms with E-state index in [-0.39, 0.29) is 6.04 Å². The minimum atomic E-state index is -0.138. The summed E-state index contributed by atoms with van der Waals surface area (Å²) in [6.45, 7) is 4.77. The lowest BCUT2D eigenvalue weighted by Gasteiger charge is -2.33. The molecule has 1 heterocycles. The van der Waals surface area contributed by atoms with Crippen molar-refractivity contribution in [3.05, 3.63) is 23.8 Å². The Kier molecular flexibility index (Phi) is 4.66. The van der Waals surface area contributed by atoms with Crippen LogP contribution < -0.4 is 10.6 Å². The van der Waals surface area contributed by atoms with Crippen molar-refractivity contribution in [2.45, 2.75) is 25.8 Å². The number of ether oxygens (including phenoxy) is 1. The molecule has 0 amide bonds. The number of nitrogens with two attached hydrogens (primary N) is 1. The second-order valence-electron chi connectivity index (χ2n) is 5.42. The molecule has 2 rings (SSSR count). The number of phenols is 1. The van der Waals surface area contributed by atoms with Gasteiger partial charge in [0.1, 0.15) is 5.75 Å². The molecule has 0 saturated carbocycles. The highest BCUT2D eigenvalue weighted by Gasteiger charge is 2.20. The summed E-state index contributed by atoms with van der Waals surface area (Å²) in [6.07, 6.45) is 2.29. The number of nitrogens with zero attached hydrogens (tertiary/aromatic N) is 1. The van der Waals surface area contributed by atoms with Crippen molar-refractivity contribution in [1.82, 2.24) is 0 Å². The van der Waals surface area contributed by atoms with Gasteiger partial charge in [0.2, 0.25) is 0 Å². The smallest absolute Gasteiger partial charge is 0.122 e. The molecule has 0 radical (unpaired) electrons. The van der Waals surface area contributed by atoms with E-state index in [2.05, 4.69) is 11.0 Å². The molecule has 1 aliphatic heterocycles. The van der Waals surface area contributed by atoms with Crippen LogP contribution in [0.5, 0.6) is 5.75 Å². The molecular weight excluding hydrogens is 240 g/mol. The normalized spacial score (nSPS) is 18.6. The van der Waals surface area contributed by atoms with E-state index >= 15 is 0 Å². The van der Waals surface area contributed by atoms with Crippen LogP contribution in [0.1, 0.15) is 31.4 Å². The monoisotopic (exact) mass is 264 g/mol. The van der Waals surface area contributed by atoms with Crippen LogP contribution in [-0.2, 0) is 4.74 Å². The molecule has 106 valence electrons. The Morgan fingerprint density at radius 3 is 2.63 bits per heavy atom. The molecule has 19 heavy (non-hydrogen) atoms. The fraction of sp³-hybridized carbons (Fsp3) is 0.600. The molecule has 1 fully saturated rings. The van der Waals surface area contributed by atoms with E-state index in [1.807, 2.05) is 19.1 Å².